The van der Waals surface area contributed by atoms with Gasteiger partial charge in [0.05, 0.1) is 0 Å². The summed E-state index contributed by atoms with van der Waals surface area (Å²) in [4.78, 5) is 2.00. The Morgan fingerprint density at radius 3 is 1.12 bits per heavy atom. The summed E-state index contributed by atoms with van der Waals surface area (Å²) < 4.78 is 4.19. The molecule has 0 radical (unpaired) electrons. The summed E-state index contributed by atoms with van der Waals surface area (Å²) in [6.45, 7) is 0. The fraction of sp³-hybridized carbons (Fsp3) is 1.00. The molecule has 0 aliphatic heterocycles. The van der Waals surface area contributed by atoms with Crippen molar-refractivity contribution in [2.24, 2.45) is 0 Å². The van der Waals surface area contributed by atoms with E-state index in [1.165, 1.54) is 0 Å². The van der Waals surface area contributed by atoms with Crippen molar-refractivity contribution in [3.63, 3.8) is 0 Å². The molecule has 0 heterocycles. The summed E-state index contributed by atoms with van der Waals surface area (Å²) in [5.41, 5.74) is 0. The first-order valence-electron chi connectivity index (χ1n) is 1.65. The second kappa shape index (κ2) is 15.9. The average Bonchev–Trinajstić information content (AvgIpc) is 1.33. The van der Waals surface area contributed by atoms with E-state index < -0.39 is 0 Å². The maximum atomic E-state index is 4.19. The molecule has 54 valence electrons. The maximum absolute atomic E-state index is 4.19. The van der Waals surface area contributed by atoms with E-state index in [1.807, 2.05) is 26.0 Å². The van der Waals surface area contributed by atoms with E-state index in [0.29, 0.717) is 0 Å². The molecule has 0 fully saturated rings. The molecule has 0 aromatic heterocycles. The van der Waals surface area contributed by atoms with Crippen LogP contribution in [0.2, 0.25) is 0 Å². The monoisotopic (exact) mass is 363 g/mol. The molecule has 0 amide bonds. The molecule has 0 aliphatic rings. The van der Waals surface area contributed by atoms with Gasteiger partial charge in [0.1, 0.15) is 46.0 Å². The summed E-state index contributed by atoms with van der Waals surface area (Å²) >= 11 is 3.55. The van der Waals surface area contributed by atoms with E-state index in [9.17, 15) is 0 Å². The van der Waals surface area contributed by atoms with Crippen molar-refractivity contribution < 1.29 is 1.40 Å². The van der Waals surface area contributed by atoms with Crippen molar-refractivity contribution >= 4 is 59.5 Å². The lowest BCUT2D eigenvalue weighted by atomic mass is 11.0. The number of rotatable bonds is 0. The van der Waals surface area contributed by atoms with Crippen LogP contribution in [0, 0.1) is 0 Å². The van der Waals surface area contributed by atoms with Gasteiger partial charge < -0.3 is 4.90 Å². The van der Waals surface area contributed by atoms with Crippen LogP contribution in [0.25, 0.3) is 0 Å². The zero-order chi connectivity index (χ0) is 6.28. The van der Waals surface area contributed by atoms with Gasteiger partial charge in [0.15, 0.2) is 0 Å². The van der Waals surface area contributed by atoms with Crippen LogP contribution in [0.5, 0.6) is 0 Å². The lowest BCUT2D eigenvalue weighted by Crippen LogP contribution is -1.99. The highest BCUT2D eigenvalue weighted by Crippen LogP contribution is 1.90. The van der Waals surface area contributed by atoms with Crippen LogP contribution >= 0.6 is 59.5 Å². The Labute approximate surface area is 86.2 Å². The summed E-state index contributed by atoms with van der Waals surface area (Å²) in [5, 5.41) is 0. The van der Waals surface area contributed by atoms with Crippen LogP contribution < -0.4 is 0 Å². The smallest absolute Gasteiger partial charge is 0.124 e. The van der Waals surface area contributed by atoms with Gasteiger partial charge in [-0.05, 0) is 21.1 Å². The molecule has 0 N–H and O–H groups in total. The normalized spacial score (nSPS) is 6.75. The van der Waals surface area contributed by atoms with E-state index in [0.717, 1.165) is 0 Å². The van der Waals surface area contributed by atoms with Gasteiger partial charge in [0, 0.05) is 0 Å². The Morgan fingerprint density at radius 2 is 1.12 bits per heavy atom. The van der Waals surface area contributed by atoms with Gasteiger partial charge in [-0.25, -0.2) is 1.40 Å². The van der Waals surface area contributed by atoms with Crippen molar-refractivity contribution in [1.82, 2.24) is 4.90 Å². The lowest BCUT2D eigenvalue weighted by Gasteiger charge is -1.90. The Morgan fingerprint density at radius 1 is 1.12 bits per heavy atom. The molecule has 0 aromatic rings. The van der Waals surface area contributed by atoms with Crippen LogP contribution in [0.3, 0.4) is 0 Å². The van der Waals surface area contributed by atoms with E-state index >= 15 is 0 Å². The Kier molecular flexibility index (Phi) is 32.5. The van der Waals surface area contributed by atoms with Gasteiger partial charge in [-0.1, -0.05) is 0 Å². The third kappa shape index (κ3) is 117. The standard InChI is InChI=1S/C3H9N.I2O.H2S/c1-4(2)3;1-3-2;/h1-3H3;;1H2. The molecule has 0 bridgehead atoms. The highest BCUT2D eigenvalue weighted by molar-refractivity contribution is 14.2. The molecule has 0 saturated carbocycles. The highest BCUT2D eigenvalue weighted by Gasteiger charge is 1.58. The third-order valence-electron chi connectivity index (χ3n) is 0. The zero-order valence-electron chi connectivity index (χ0n) is 5.11. The highest BCUT2D eigenvalue weighted by atomic mass is 127. The molecule has 0 saturated heterocycles. The van der Waals surface area contributed by atoms with Gasteiger partial charge in [-0.15, -0.1) is 0 Å². The van der Waals surface area contributed by atoms with Gasteiger partial charge in [0.2, 0.25) is 0 Å². The minimum Gasteiger partial charge on any atom is -0.312 e. The number of nitrogens with zero attached hydrogens (tertiary/aromatic N) is 1. The van der Waals surface area contributed by atoms with Crippen molar-refractivity contribution in [3.05, 3.63) is 0 Å². The van der Waals surface area contributed by atoms with E-state index in [1.54, 1.807) is 46.0 Å². The lowest BCUT2D eigenvalue weighted by molar-refractivity contribution is 0.505. The quantitative estimate of drug-likeness (QED) is 0.611. The van der Waals surface area contributed by atoms with Crippen LogP contribution in [0.15, 0.2) is 0 Å². The minimum absolute atomic E-state index is 0. The maximum Gasteiger partial charge on any atom is 0.124 e. The number of halogens is 2. The molecule has 0 atom stereocenters. The Bertz CT molecular complexity index is 28.5. The SMILES string of the molecule is CN(C)C.IOI.S. The Hall–Kier alpha value is 1.73. The van der Waals surface area contributed by atoms with Gasteiger partial charge in [-0.3, -0.25) is 0 Å². The molecule has 0 unspecified atom stereocenters. The number of hydrogen-bond donors (Lipinski definition) is 0. The second-order valence-corrected chi connectivity index (χ2v) is 3.97. The van der Waals surface area contributed by atoms with Crippen LogP contribution in [0.4, 0.5) is 0 Å². The molecular formula is C3H11I2NOS. The molecule has 2 nitrogen and oxygen atoms in total. The average molecular weight is 363 g/mol. The predicted octanol–water partition coefficient (Wildman–Crippen LogP) is 1.99. The molecular weight excluding hydrogens is 352 g/mol. The van der Waals surface area contributed by atoms with Crippen molar-refractivity contribution in [2.75, 3.05) is 21.1 Å². The fourth-order valence-electron chi connectivity index (χ4n) is 0. The summed E-state index contributed by atoms with van der Waals surface area (Å²) in [6, 6.07) is 0. The van der Waals surface area contributed by atoms with Gasteiger partial charge in [0.25, 0.3) is 0 Å². The van der Waals surface area contributed by atoms with Gasteiger partial charge >= 0.3 is 0 Å². The van der Waals surface area contributed by atoms with Crippen molar-refractivity contribution in [3.8, 4) is 0 Å². The first-order chi connectivity index (χ1) is 3.15. The van der Waals surface area contributed by atoms with Crippen LogP contribution in [-0.2, 0) is 1.40 Å². The molecule has 0 aromatic carbocycles. The Balaban J connectivity index is -0.0000000575. The van der Waals surface area contributed by atoms with Crippen LogP contribution in [0.1, 0.15) is 0 Å². The molecule has 0 spiro atoms. The van der Waals surface area contributed by atoms with Crippen LogP contribution in [-0.4, -0.2) is 26.0 Å². The first-order valence-corrected chi connectivity index (χ1v) is 3.41. The topological polar surface area (TPSA) is 12.5 Å². The van der Waals surface area contributed by atoms with E-state index in [-0.39, 0.29) is 13.5 Å². The molecule has 0 rings (SSSR count). The minimum atomic E-state index is 0. The first kappa shape index (κ1) is 16.4. The molecule has 8 heavy (non-hydrogen) atoms. The fourth-order valence-corrected chi connectivity index (χ4v) is 0. The van der Waals surface area contributed by atoms with E-state index in [2.05, 4.69) is 1.40 Å². The third-order valence-corrected chi connectivity index (χ3v) is 0. The van der Waals surface area contributed by atoms with Crippen molar-refractivity contribution in [2.45, 2.75) is 0 Å². The summed E-state index contributed by atoms with van der Waals surface area (Å²) in [5.74, 6) is 0. The van der Waals surface area contributed by atoms with Gasteiger partial charge in [-0.2, -0.15) is 13.5 Å². The second-order valence-electron chi connectivity index (χ2n) is 1.40. The summed E-state index contributed by atoms with van der Waals surface area (Å²) in [6.07, 6.45) is 0. The molecule has 0 aliphatic carbocycles. The molecule has 5 heteroatoms. The zero-order valence-corrected chi connectivity index (χ0v) is 10.4. The number of hydrogen-bond acceptors (Lipinski definition) is 2. The summed E-state index contributed by atoms with van der Waals surface area (Å²) in [7, 11) is 6.00. The van der Waals surface area contributed by atoms with Crippen molar-refractivity contribution in [1.29, 1.82) is 0 Å². The predicted molar refractivity (Wildman–Crippen MR) is 59.1 cm³/mol. The van der Waals surface area contributed by atoms with E-state index in [4.69, 9.17) is 0 Å². The largest absolute Gasteiger partial charge is 0.312 e.